The summed E-state index contributed by atoms with van der Waals surface area (Å²) >= 11 is 0. The summed E-state index contributed by atoms with van der Waals surface area (Å²) in [7, 11) is 0. The number of hydrogen-bond donors (Lipinski definition) is 0. The monoisotopic (exact) mass is 398 g/mol. The lowest BCUT2D eigenvalue weighted by molar-refractivity contribution is -0.121. The average molecular weight is 399 g/mol. The smallest absolute Gasteiger partial charge is 0.135 e. The summed E-state index contributed by atoms with van der Waals surface area (Å²) in [5.74, 6) is 2.39. The molecule has 0 amide bonds. The lowest BCUT2D eigenvalue weighted by atomic mass is 9.85. The molecule has 3 rings (SSSR count). The van der Waals surface area contributed by atoms with E-state index in [-0.39, 0.29) is 5.92 Å². The number of ketones is 1. The number of carbonyl (C=O) groups is 1. The topological polar surface area (TPSA) is 26.3 Å². The van der Waals surface area contributed by atoms with E-state index in [0.29, 0.717) is 24.0 Å². The lowest BCUT2D eigenvalue weighted by Crippen LogP contribution is -2.09. The zero-order valence-corrected chi connectivity index (χ0v) is 20.4. The third kappa shape index (κ3) is 5.41. The Kier molecular flexibility index (Phi) is 9.89. The van der Waals surface area contributed by atoms with Crippen molar-refractivity contribution in [2.24, 2.45) is 5.92 Å². The van der Waals surface area contributed by atoms with E-state index >= 15 is 0 Å². The van der Waals surface area contributed by atoms with Crippen molar-refractivity contribution in [1.29, 1.82) is 0 Å². The highest BCUT2D eigenvalue weighted by molar-refractivity contribution is 5.94. The molecule has 0 unspecified atom stereocenters. The highest BCUT2D eigenvalue weighted by Gasteiger charge is 2.28. The van der Waals surface area contributed by atoms with Gasteiger partial charge in [0.1, 0.15) is 11.5 Å². The van der Waals surface area contributed by atoms with Gasteiger partial charge in [-0.3, -0.25) is 4.79 Å². The third-order valence-corrected chi connectivity index (χ3v) is 5.52. The summed E-state index contributed by atoms with van der Waals surface area (Å²) < 4.78 is 6.10. The van der Waals surface area contributed by atoms with E-state index in [0.717, 1.165) is 18.8 Å². The van der Waals surface area contributed by atoms with Crippen molar-refractivity contribution in [2.45, 2.75) is 93.9 Å². The molecule has 1 atom stereocenters. The van der Waals surface area contributed by atoms with Crippen LogP contribution in [-0.4, -0.2) is 12.4 Å². The summed E-state index contributed by atoms with van der Waals surface area (Å²) in [6.07, 6.45) is 1.44. The van der Waals surface area contributed by atoms with E-state index in [2.05, 4.69) is 45.9 Å². The zero-order valence-electron chi connectivity index (χ0n) is 20.4. The molecule has 162 valence electrons. The molecule has 0 bridgehead atoms. The van der Waals surface area contributed by atoms with Gasteiger partial charge < -0.3 is 4.74 Å². The van der Waals surface area contributed by atoms with Gasteiger partial charge in [0.15, 0.2) is 0 Å². The highest BCUT2D eigenvalue weighted by Crippen LogP contribution is 2.46. The van der Waals surface area contributed by atoms with E-state index in [9.17, 15) is 4.79 Å². The Labute approximate surface area is 179 Å². The Morgan fingerprint density at radius 3 is 2.28 bits per heavy atom. The number of carbonyl (C=O) groups excluding carboxylic acids is 1. The van der Waals surface area contributed by atoms with E-state index in [1.165, 1.54) is 33.0 Å². The van der Waals surface area contributed by atoms with Gasteiger partial charge in [-0.1, -0.05) is 74.4 Å². The summed E-state index contributed by atoms with van der Waals surface area (Å²) in [5.41, 5.74) is 5.27. The van der Waals surface area contributed by atoms with Crippen LogP contribution in [0.5, 0.6) is 5.75 Å². The van der Waals surface area contributed by atoms with Crippen LogP contribution in [0, 0.1) is 12.8 Å². The summed E-state index contributed by atoms with van der Waals surface area (Å²) in [6, 6.07) is 6.73. The van der Waals surface area contributed by atoms with Gasteiger partial charge in [0, 0.05) is 23.8 Å². The van der Waals surface area contributed by atoms with Crippen molar-refractivity contribution in [1.82, 2.24) is 0 Å². The second kappa shape index (κ2) is 11.4. The van der Waals surface area contributed by atoms with Gasteiger partial charge in [0.25, 0.3) is 0 Å². The van der Waals surface area contributed by atoms with E-state index in [4.69, 9.17) is 4.74 Å². The first-order valence-electron chi connectivity index (χ1n) is 11.6. The minimum Gasteiger partial charge on any atom is -0.492 e. The van der Waals surface area contributed by atoms with Crippen molar-refractivity contribution in [3.8, 4) is 5.75 Å². The number of benzene rings is 2. The maximum Gasteiger partial charge on any atom is 0.135 e. The van der Waals surface area contributed by atoms with Crippen LogP contribution in [0.15, 0.2) is 18.2 Å². The van der Waals surface area contributed by atoms with Gasteiger partial charge in [0.05, 0.1) is 6.61 Å². The fourth-order valence-electron chi connectivity index (χ4n) is 3.92. The van der Waals surface area contributed by atoms with Gasteiger partial charge in [0.2, 0.25) is 0 Å². The van der Waals surface area contributed by atoms with E-state index in [1.54, 1.807) is 0 Å². The Balaban J connectivity index is 0.000000989. The van der Waals surface area contributed by atoms with Crippen molar-refractivity contribution in [2.75, 3.05) is 6.61 Å². The number of fused-ring (bicyclic) bond motifs is 3. The lowest BCUT2D eigenvalue weighted by Gasteiger charge is -2.19. The zero-order chi connectivity index (χ0) is 22.3. The first-order valence-corrected chi connectivity index (χ1v) is 11.6. The number of aryl methyl sites for hydroxylation is 2. The summed E-state index contributed by atoms with van der Waals surface area (Å²) in [5, 5.41) is 2.62. The molecule has 0 spiro atoms. The number of Topliss-reactive ketones (excluding diaryl/α,β-unsaturated/α-hetero) is 1. The molecule has 0 N–H and O–H groups in total. The Morgan fingerprint density at radius 1 is 1.10 bits per heavy atom. The minimum absolute atomic E-state index is 0.107. The van der Waals surface area contributed by atoms with Crippen LogP contribution in [0.4, 0.5) is 0 Å². The molecule has 0 aromatic heterocycles. The molecule has 0 saturated heterocycles. The van der Waals surface area contributed by atoms with Gasteiger partial charge in [-0.25, -0.2) is 0 Å². The molecule has 1 heterocycles. The van der Waals surface area contributed by atoms with Crippen LogP contribution >= 0.6 is 0 Å². The second-order valence-corrected chi connectivity index (χ2v) is 8.16. The van der Waals surface area contributed by atoms with Crippen molar-refractivity contribution < 1.29 is 9.53 Å². The molecule has 0 fully saturated rings. The normalized spacial score (nSPS) is 14.7. The molecule has 2 aromatic rings. The fraction of sp³-hybridized carbons (Fsp3) is 0.593. The molecule has 2 aromatic carbocycles. The maximum absolute atomic E-state index is 12.2. The first kappa shape index (κ1) is 25.2. The minimum atomic E-state index is 0.107. The van der Waals surface area contributed by atoms with Crippen LogP contribution in [0.25, 0.3) is 10.8 Å². The predicted octanol–water partition coefficient (Wildman–Crippen LogP) is 7.98. The Hall–Kier alpha value is -1.83. The molecular weight excluding hydrogens is 356 g/mol. The van der Waals surface area contributed by atoms with Crippen LogP contribution < -0.4 is 4.74 Å². The van der Waals surface area contributed by atoms with Gasteiger partial charge in [-0.2, -0.15) is 0 Å². The van der Waals surface area contributed by atoms with Crippen LogP contribution in [-0.2, 0) is 11.2 Å². The molecule has 0 saturated carbocycles. The number of hydrogen-bond acceptors (Lipinski definition) is 2. The second-order valence-electron chi connectivity index (χ2n) is 8.16. The third-order valence-electron chi connectivity index (χ3n) is 5.52. The largest absolute Gasteiger partial charge is 0.492 e. The first-order chi connectivity index (χ1) is 13.8. The molecule has 29 heavy (non-hydrogen) atoms. The molecule has 0 radical (unpaired) electrons. The Morgan fingerprint density at radius 2 is 1.72 bits per heavy atom. The number of ether oxygens (including phenoxy) is 1. The van der Waals surface area contributed by atoms with Crippen molar-refractivity contribution >= 4 is 16.6 Å². The molecule has 2 nitrogen and oxygen atoms in total. The molecule has 0 aliphatic carbocycles. The molecule has 1 aliphatic heterocycles. The fourth-order valence-corrected chi connectivity index (χ4v) is 3.92. The quantitative estimate of drug-likeness (QED) is 0.510. The van der Waals surface area contributed by atoms with Gasteiger partial charge >= 0.3 is 0 Å². The van der Waals surface area contributed by atoms with Crippen LogP contribution in [0.1, 0.15) is 103 Å². The van der Waals surface area contributed by atoms with E-state index < -0.39 is 0 Å². The van der Waals surface area contributed by atoms with Crippen molar-refractivity contribution in [3.63, 3.8) is 0 Å². The Bertz CT molecular complexity index is 815. The maximum atomic E-state index is 12.2. The van der Waals surface area contributed by atoms with Gasteiger partial charge in [-0.05, 0) is 52.8 Å². The van der Waals surface area contributed by atoms with Crippen molar-refractivity contribution in [3.05, 3.63) is 40.5 Å². The SMILES string of the molecule is CC.CC.Cc1ccc2cc(C(C)C)c3c(c2c1CCC(=O)C(C)C)[C@@H](C)CO3. The van der Waals surface area contributed by atoms with E-state index in [1.807, 2.05) is 41.5 Å². The highest BCUT2D eigenvalue weighted by atomic mass is 16.5. The van der Waals surface area contributed by atoms with Crippen LogP contribution in [0.2, 0.25) is 0 Å². The molecule has 1 aliphatic rings. The summed E-state index contributed by atoms with van der Waals surface area (Å²) in [4.78, 5) is 12.2. The molecular formula is C27H42O2. The van der Waals surface area contributed by atoms with Gasteiger partial charge in [-0.15, -0.1) is 0 Å². The van der Waals surface area contributed by atoms with Crippen LogP contribution in [0.3, 0.4) is 0 Å². The standard InChI is InChI=1S/C23H30O2.2C2H6/c1-13(2)19-11-17-8-7-15(5)18(9-10-20(24)14(3)4)22(17)21-16(6)12-25-23(19)21;2*1-2/h7-8,11,13-14,16H,9-10,12H2,1-6H3;2*1-2H3/t16-;;/m0../s1. The number of rotatable bonds is 5. The predicted molar refractivity (Wildman–Crippen MR) is 128 cm³/mol. The molecule has 2 heteroatoms. The average Bonchev–Trinajstić information content (AvgIpc) is 3.10. The summed E-state index contributed by atoms with van der Waals surface area (Å²) in [6.45, 7) is 21.6.